The second-order valence-corrected chi connectivity index (χ2v) is 8.22. The lowest BCUT2D eigenvalue weighted by molar-refractivity contribution is -0.150. The Morgan fingerprint density at radius 1 is 1.13 bits per heavy atom. The number of phenolic OH excluding ortho intramolecular Hbond substituents is 1. The van der Waals surface area contributed by atoms with Crippen molar-refractivity contribution in [1.82, 2.24) is 9.91 Å². The van der Waals surface area contributed by atoms with E-state index in [1.165, 1.54) is 0 Å². The molecule has 0 radical (unpaired) electrons. The highest BCUT2D eigenvalue weighted by atomic mass is 16.6. The van der Waals surface area contributed by atoms with Gasteiger partial charge >= 0.3 is 0 Å². The molecule has 0 aliphatic carbocycles. The zero-order valence-electron chi connectivity index (χ0n) is 17.7. The summed E-state index contributed by atoms with van der Waals surface area (Å²) in [5.74, 6) is 1.94. The van der Waals surface area contributed by atoms with E-state index >= 15 is 0 Å². The Balaban J connectivity index is 1.59. The molecule has 6 heteroatoms. The molecule has 3 heterocycles. The summed E-state index contributed by atoms with van der Waals surface area (Å²) in [5.41, 5.74) is 2.34. The van der Waals surface area contributed by atoms with Gasteiger partial charge in [0.15, 0.2) is 11.5 Å². The quantitative estimate of drug-likeness (QED) is 0.825. The maximum atomic E-state index is 10.4. The Labute approximate surface area is 177 Å². The molecule has 0 amide bonds. The van der Waals surface area contributed by atoms with E-state index in [4.69, 9.17) is 14.6 Å². The molecule has 1 saturated heterocycles. The summed E-state index contributed by atoms with van der Waals surface area (Å²) in [7, 11) is 0. The normalized spacial score (nSPS) is 22.3. The molecule has 0 saturated carbocycles. The lowest BCUT2D eigenvalue weighted by Crippen LogP contribution is -2.59. The zero-order valence-corrected chi connectivity index (χ0v) is 17.7. The minimum atomic E-state index is -0.483. The Morgan fingerprint density at radius 2 is 1.93 bits per heavy atom. The number of benzene rings is 2. The number of hydrazone groups is 1. The number of fused-ring (bicyclic) bond motifs is 4. The Bertz CT molecular complexity index is 966. The molecule has 3 aliphatic rings. The number of phenols is 1. The van der Waals surface area contributed by atoms with Crippen LogP contribution in [-0.2, 0) is 0 Å². The summed E-state index contributed by atoms with van der Waals surface area (Å²) >= 11 is 0. The molecule has 2 aromatic rings. The topological polar surface area (TPSA) is 57.5 Å². The first kappa shape index (κ1) is 19.2. The minimum absolute atomic E-state index is 0.0805. The molecule has 0 aromatic heterocycles. The minimum Gasteiger partial charge on any atom is -0.507 e. The van der Waals surface area contributed by atoms with Gasteiger partial charge in [-0.05, 0) is 31.7 Å². The fourth-order valence-corrected chi connectivity index (χ4v) is 4.97. The fraction of sp³-hybridized carbons (Fsp3) is 0.458. The number of hydrogen-bond acceptors (Lipinski definition) is 6. The van der Waals surface area contributed by atoms with Crippen LogP contribution in [0.2, 0.25) is 0 Å². The fourth-order valence-electron chi connectivity index (χ4n) is 4.97. The SMILES string of the molecule is CCOc1cccc2c1OC1(CCN(CC)CC1)N1N=C(c3ccccc3O)C[C@H]21. The highest BCUT2D eigenvalue weighted by molar-refractivity contribution is 6.04. The van der Waals surface area contributed by atoms with Crippen LogP contribution >= 0.6 is 0 Å². The van der Waals surface area contributed by atoms with E-state index < -0.39 is 5.72 Å². The van der Waals surface area contributed by atoms with Crippen LogP contribution in [0.5, 0.6) is 17.2 Å². The monoisotopic (exact) mass is 407 g/mol. The number of nitrogens with zero attached hydrogens (tertiary/aromatic N) is 3. The van der Waals surface area contributed by atoms with E-state index in [-0.39, 0.29) is 11.8 Å². The summed E-state index contributed by atoms with van der Waals surface area (Å²) in [6.45, 7) is 7.81. The summed E-state index contributed by atoms with van der Waals surface area (Å²) < 4.78 is 12.7. The highest BCUT2D eigenvalue weighted by Crippen LogP contribution is 2.53. The molecule has 1 N–H and O–H groups in total. The molecule has 158 valence electrons. The second-order valence-electron chi connectivity index (χ2n) is 8.22. The van der Waals surface area contributed by atoms with Crippen molar-refractivity contribution in [3.63, 3.8) is 0 Å². The average molecular weight is 408 g/mol. The smallest absolute Gasteiger partial charge is 0.200 e. The van der Waals surface area contributed by atoms with Gasteiger partial charge in [-0.3, -0.25) is 0 Å². The van der Waals surface area contributed by atoms with Gasteiger partial charge in [-0.1, -0.05) is 31.2 Å². The van der Waals surface area contributed by atoms with Crippen molar-refractivity contribution in [2.24, 2.45) is 5.10 Å². The van der Waals surface area contributed by atoms with Crippen molar-refractivity contribution < 1.29 is 14.6 Å². The van der Waals surface area contributed by atoms with Gasteiger partial charge in [-0.25, -0.2) is 5.01 Å². The van der Waals surface area contributed by atoms with Crippen molar-refractivity contribution in [1.29, 1.82) is 0 Å². The molecule has 1 spiro atoms. The molecule has 1 atom stereocenters. The van der Waals surface area contributed by atoms with E-state index in [1.54, 1.807) is 6.07 Å². The highest BCUT2D eigenvalue weighted by Gasteiger charge is 2.52. The van der Waals surface area contributed by atoms with E-state index in [0.29, 0.717) is 6.61 Å². The first-order valence-electron chi connectivity index (χ1n) is 11.0. The van der Waals surface area contributed by atoms with Gasteiger partial charge in [0.05, 0.1) is 18.4 Å². The largest absolute Gasteiger partial charge is 0.507 e. The van der Waals surface area contributed by atoms with Gasteiger partial charge in [-0.2, -0.15) is 5.10 Å². The van der Waals surface area contributed by atoms with Crippen LogP contribution in [0.4, 0.5) is 0 Å². The molecule has 1 fully saturated rings. The molecule has 30 heavy (non-hydrogen) atoms. The predicted octanol–water partition coefficient (Wildman–Crippen LogP) is 4.15. The number of rotatable bonds is 4. The van der Waals surface area contributed by atoms with E-state index in [9.17, 15) is 5.11 Å². The average Bonchev–Trinajstić information content (AvgIpc) is 3.22. The van der Waals surface area contributed by atoms with Crippen molar-refractivity contribution in [3.05, 3.63) is 53.6 Å². The lowest BCUT2D eigenvalue weighted by atomic mass is 9.90. The third-order valence-electron chi connectivity index (χ3n) is 6.59. The van der Waals surface area contributed by atoms with Gasteiger partial charge in [0.25, 0.3) is 0 Å². The van der Waals surface area contributed by atoms with E-state index in [1.807, 2.05) is 37.3 Å². The number of hydrogen-bond donors (Lipinski definition) is 1. The third-order valence-corrected chi connectivity index (χ3v) is 6.59. The number of aromatic hydroxyl groups is 1. The van der Waals surface area contributed by atoms with Gasteiger partial charge in [0, 0.05) is 43.5 Å². The van der Waals surface area contributed by atoms with Crippen molar-refractivity contribution in [2.45, 2.75) is 44.9 Å². The first-order chi connectivity index (χ1) is 14.6. The van der Waals surface area contributed by atoms with Crippen LogP contribution in [0.15, 0.2) is 47.6 Å². The maximum Gasteiger partial charge on any atom is 0.200 e. The maximum absolute atomic E-state index is 10.4. The zero-order chi connectivity index (χ0) is 20.7. The number of piperidine rings is 1. The summed E-state index contributed by atoms with van der Waals surface area (Å²) in [4.78, 5) is 2.46. The first-order valence-corrected chi connectivity index (χ1v) is 11.0. The van der Waals surface area contributed by atoms with Crippen LogP contribution < -0.4 is 9.47 Å². The predicted molar refractivity (Wildman–Crippen MR) is 116 cm³/mol. The third kappa shape index (κ3) is 3.01. The van der Waals surface area contributed by atoms with E-state index in [0.717, 1.165) is 67.2 Å². The number of ether oxygens (including phenoxy) is 2. The Kier molecular flexibility index (Phi) is 4.82. The molecular weight excluding hydrogens is 378 g/mol. The molecule has 6 nitrogen and oxygen atoms in total. The van der Waals surface area contributed by atoms with Crippen molar-refractivity contribution >= 4 is 5.71 Å². The van der Waals surface area contributed by atoms with Gasteiger partial charge < -0.3 is 19.5 Å². The van der Waals surface area contributed by atoms with Crippen LogP contribution in [-0.4, -0.2) is 52.7 Å². The molecule has 5 rings (SSSR count). The number of para-hydroxylation sites is 2. The van der Waals surface area contributed by atoms with Gasteiger partial charge in [0.1, 0.15) is 5.75 Å². The molecular formula is C24H29N3O3. The van der Waals surface area contributed by atoms with Crippen LogP contribution in [0, 0.1) is 0 Å². The molecule has 0 bridgehead atoms. The van der Waals surface area contributed by atoms with Crippen molar-refractivity contribution in [3.8, 4) is 17.2 Å². The standard InChI is InChI=1S/C24H29N3O3/c1-3-26-14-12-24(13-15-26)27-20(16-19(25-27)17-8-5-6-10-21(17)28)18-9-7-11-22(29-4-2)23(18)30-24/h5-11,20,28H,3-4,12-16H2,1-2H3/t20-/m1/s1. The lowest BCUT2D eigenvalue weighted by Gasteiger charge is -2.51. The van der Waals surface area contributed by atoms with Gasteiger partial charge in [0.2, 0.25) is 5.72 Å². The molecule has 3 aliphatic heterocycles. The summed E-state index contributed by atoms with van der Waals surface area (Å²) in [6.07, 6.45) is 2.51. The summed E-state index contributed by atoms with van der Waals surface area (Å²) in [5, 5.41) is 17.7. The van der Waals surface area contributed by atoms with Crippen LogP contribution in [0.1, 0.15) is 50.3 Å². The van der Waals surface area contributed by atoms with Crippen molar-refractivity contribution in [2.75, 3.05) is 26.2 Å². The molecule has 2 aromatic carbocycles. The number of likely N-dealkylation sites (tertiary alicyclic amines) is 1. The van der Waals surface area contributed by atoms with E-state index in [2.05, 4.69) is 22.9 Å². The van der Waals surface area contributed by atoms with Crippen LogP contribution in [0.25, 0.3) is 0 Å². The Hall–Kier alpha value is -2.73. The second kappa shape index (κ2) is 7.51. The van der Waals surface area contributed by atoms with Crippen LogP contribution in [0.3, 0.4) is 0 Å². The summed E-state index contributed by atoms with van der Waals surface area (Å²) in [6, 6.07) is 13.7. The van der Waals surface area contributed by atoms with Gasteiger partial charge in [-0.15, -0.1) is 0 Å². The molecule has 0 unspecified atom stereocenters. The Morgan fingerprint density at radius 3 is 2.67 bits per heavy atom.